The second kappa shape index (κ2) is 7.23. The van der Waals surface area contributed by atoms with Crippen LogP contribution in [0.3, 0.4) is 0 Å². The number of methoxy groups -OCH3 is 3. The topological polar surface area (TPSA) is 92.6 Å². The van der Waals surface area contributed by atoms with Crippen molar-refractivity contribution in [2.45, 2.75) is 0 Å². The number of hydrogen-bond acceptors (Lipinski definition) is 6. The summed E-state index contributed by atoms with van der Waals surface area (Å²) in [7, 11) is 4.79. The molecule has 0 saturated heterocycles. The van der Waals surface area contributed by atoms with Crippen LogP contribution in [0, 0.1) is 0 Å². The molecule has 0 spiro atoms. The minimum Gasteiger partial charge on any atom is -0.495 e. The Morgan fingerprint density at radius 3 is 2.04 bits per heavy atom. The van der Waals surface area contributed by atoms with Crippen molar-refractivity contribution in [2.24, 2.45) is 0 Å². The van der Waals surface area contributed by atoms with Crippen LogP contribution in [-0.4, -0.2) is 26.3 Å². The summed E-state index contributed by atoms with van der Waals surface area (Å²) in [5.74, 6) is 2.35. The summed E-state index contributed by atoms with van der Waals surface area (Å²) in [6.07, 6.45) is 1.73. The number of ether oxygens (including phenoxy) is 3. The van der Waals surface area contributed by atoms with Crippen LogP contribution in [0.2, 0.25) is 0 Å². The Bertz CT molecular complexity index is 942. The van der Waals surface area contributed by atoms with E-state index in [9.17, 15) is 0 Å². The molecule has 0 bridgehead atoms. The zero-order valence-electron chi connectivity index (χ0n) is 14.9. The molecule has 134 valence electrons. The Balaban J connectivity index is 2.09. The van der Waals surface area contributed by atoms with Gasteiger partial charge in [0.25, 0.3) is 0 Å². The highest BCUT2D eigenvalue weighted by Gasteiger charge is 2.11. The SMILES string of the molecule is COc1cc(-c2cc(-c3ccc(OC)c(OC)c3)cnc2N)ccc1N. The van der Waals surface area contributed by atoms with Gasteiger partial charge in [-0.3, -0.25) is 0 Å². The first kappa shape index (κ1) is 17.4. The molecule has 6 nitrogen and oxygen atoms in total. The maximum atomic E-state index is 6.10. The van der Waals surface area contributed by atoms with Gasteiger partial charge in [0.05, 0.1) is 27.0 Å². The van der Waals surface area contributed by atoms with Crippen LogP contribution >= 0.6 is 0 Å². The van der Waals surface area contributed by atoms with E-state index >= 15 is 0 Å². The third kappa shape index (κ3) is 3.21. The van der Waals surface area contributed by atoms with E-state index in [0.717, 1.165) is 22.3 Å². The molecule has 3 rings (SSSR count). The summed E-state index contributed by atoms with van der Waals surface area (Å²) in [6.45, 7) is 0. The lowest BCUT2D eigenvalue weighted by atomic mass is 10.00. The van der Waals surface area contributed by atoms with Crippen LogP contribution in [0.15, 0.2) is 48.7 Å². The van der Waals surface area contributed by atoms with Crippen molar-refractivity contribution in [1.82, 2.24) is 4.98 Å². The first-order valence-electron chi connectivity index (χ1n) is 7.99. The average Bonchev–Trinajstić information content (AvgIpc) is 2.68. The number of benzene rings is 2. The zero-order valence-corrected chi connectivity index (χ0v) is 14.9. The van der Waals surface area contributed by atoms with Crippen molar-refractivity contribution in [3.05, 3.63) is 48.7 Å². The Morgan fingerprint density at radius 2 is 1.35 bits per heavy atom. The fourth-order valence-corrected chi connectivity index (χ4v) is 2.76. The lowest BCUT2D eigenvalue weighted by Gasteiger charge is -2.12. The van der Waals surface area contributed by atoms with Gasteiger partial charge in [-0.15, -0.1) is 0 Å². The molecule has 0 unspecified atom stereocenters. The van der Waals surface area contributed by atoms with Gasteiger partial charge in [0.15, 0.2) is 11.5 Å². The Labute approximate surface area is 152 Å². The maximum absolute atomic E-state index is 6.10. The maximum Gasteiger partial charge on any atom is 0.161 e. The molecule has 3 aromatic rings. The fraction of sp³-hybridized carbons (Fsp3) is 0.150. The highest BCUT2D eigenvalue weighted by molar-refractivity contribution is 5.81. The van der Waals surface area contributed by atoms with E-state index in [0.29, 0.717) is 28.8 Å². The number of nitrogen functional groups attached to an aromatic ring is 2. The summed E-state index contributed by atoms with van der Waals surface area (Å²) < 4.78 is 16.0. The van der Waals surface area contributed by atoms with E-state index in [4.69, 9.17) is 25.7 Å². The number of pyridine rings is 1. The minimum atomic E-state index is 0.432. The average molecular weight is 351 g/mol. The first-order valence-corrected chi connectivity index (χ1v) is 7.99. The molecular weight excluding hydrogens is 330 g/mol. The number of anilines is 2. The smallest absolute Gasteiger partial charge is 0.161 e. The third-order valence-corrected chi connectivity index (χ3v) is 4.18. The third-order valence-electron chi connectivity index (χ3n) is 4.18. The summed E-state index contributed by atoms with van der Waals surface area (Å²) in [5.41, 5.74) is 16.1. The minimum absolute atomic E-state index is 0.432. The first-order chi connectivity index (χ1) is 12.6. The summed E-state index contributed by atoms with van der Waals surface area (Å²) >= 11 is 0. The second-order valence-electron chi connectivity index (χ2n) is 5.68. The zero-order chi connectivity index (χ0) is 18.7. The quantitative estimate of drug-likeness (QED) is 0.682. The van der Waals surface area contributed by atoms with Crippen molar-refractivity contribution in [3.8, 4) is 39.5 Å². The van der Waals surface area contributed by atoms with Crippen molar-refractivity contribution in [3.63, 3.8) is 0 Å². The summed E-state index contributed by atoms with van der Waals surface area (Å²) in [6, 6.07) is 13.2. The fourth-order valence-electron chi connectivity index (χ4n) is 2.76. The predicted molar refractivity (Wildman–Crippen MR) is 104 cm³/mol. The van der Waals surface area contributed by atoms with Crippen LogP contribution in [0.25, 0.3) is 22.3 Å². The number of nitrogens with two attached hydrogens (primary N) is 2. The van der Waals surface area contributed by atoms with Gasteiger partial charge in [-0.05, 0) is 41.5 Å². The molecule has 4 N–H and O–H groups in total. The van der Waals surface area contributed by atoms with E-state index in [-0.39, 0.29) is 0 Å². The van der Waals surface area contributed by atoms with Gasteiger partial charge < -0.3 is 25.7 Å². The largest absolute Gasteiger partial charge is 0.495 e. The van der Waals surface area contributed by atoms with Crippen molar-refractivity contribution >= 4 is 11.5 Å². The molecule has 26 heavy (non-hydrogen) atoms. The molecule has 0 aliphatic heterocycles. The molecular formula is C20H21N3O3. The van der Waals surface area contributed by atoms with Crippen LogP contribution in [0.4, 0.5) is 11.5 Å². The Hall–Kier alpha value is -3.41. The van der Waals surface area contributed by atoms with Crippen molar-refractivity contribution in [2.75, 3.05) is 32.8 Å². The molecule has 0 aliphatic carbocycles. The normalized spacial score (nSPS) is 10.4. The highest BCUT2D eigenvalue weighted by atomic mass is 16.5. The Kier molecular flexibility index (Phi) is 4.84. The second-order valence-corrected chi connectivity index (χ2v) is 5.68. The number of rotatable bonds is 5. The lowest BCUT2D eigenvalue weighted by molar-refractivity contribution is 0.355. The van der Waals surface area contributed by atoms with Crippen LogP contribution in [0.1, 0.15) is 0 Å². The van der Waals surface area contributed by atoms with E-state index < -0.39 is 0 Å². The molecule has 0 fully saturated rings. The van der Waals surface area contributed by atoms with Gasteiger partial charge in [0.1, 0.15) is 11.6 Å². The van der Waals surface area contributed by atoms with Gasteiger partial charge in [0.2, 0.25) is 0 Å². The molecule has 6 heteroatoms. The van der Waals surface area contributed by atoms with E-state index in [1.807, 2.05) is 36.4 Å². The molecule has 0 radical (unpaired) electrons. The van der Waals surface area contributed by atoms with Gasteiger partial charge in [-0.2, -0.15) is 0 Å². The number of aromatic nitrogens is 1. The molecule has 0 amide bonds. The molecule has 1 aromatic heterocycles. The molecule has 0 aliphatic rings. The van der Waals surface area contributed by atoms with Crippen molar-refractivity contribution < 1.29 is 14.2 Å². The van der Waals surface area contributed by atoms with E-state index in [1.165, 1.54) is 0 Å². The standard InChI is InChI=1S/C20H21N3O3/c1-24-17-7-5-12(9-19(17)26-3)14-8-15(20(22)23-11-14)13-4-6-16(21)18(10-13)25-2/h4-11H,21H2,1-3H3,(H2,22,23). The summed E-state index contributed by atoms with van der Waals surface area (Å²) in [5, 5.41) is 0. The lowest BCUT2D eigenvalue weighted by Crippen LogP contribution is -1.97. The molecule has 0 atom stereocenters. The van der Waals surface area contributed by atoms with E-state index in [2.05, 4.69) is 4.98 Å². The van der Waals surface area contributed by atoms with Gasteiger partial charge in [-0.1, -0.05) is 12.1 Å². The summed E-state index contributed by atoms with van der Waals surface area (Å²) in [4.78, 5) is 4.34. The molecule has 0 saturated carbocycles. The Morgan fingerprint density at radius 1 is 0.692 bits per heavy atom. The van der Waals surface area contributed by atoms with Gasteiger partial charge in [-0.25, -0.2) is 4.98 Å². The molecule has 1 heterocycles. The van der Waals surface area contributed by atoms with E-state index in [1.54, 1.807) is 33.6 Å². The monoisotopic (exact) mass is 351 g/mol. The number of hydrogen-bond donors (Lipinski definition) is 2. The van der Waals surface area contributed by atoms with Crippen LogP contribution in [-0.2, 0) is 0 Å². The highest BCUT2D eigenvalue weighted by Crippen LogP contribution is 2.36. The predicted octanol–water partition coefficient (Wildman–Crippen LogP) is 3.61. The van der Waals surface area contributed by atoms with Crippen LogP contribution < -0.4 is 25.7 Å². The van der Waals surface area contributed by atoms with Crippen LogP contribution in [0.5, 0.6) is 17.2 Å². The van der Waals surface area contributed by atoms with Gasteiger partial charge >= 0.3 is 0 Å². The van der Waals surface area contributed by atoms with Gasteiger partial charge in [0, 0.05) is 17.3 Å². The van der Waals surface area contributed by atoms with Crippen molar-refractivity contribution in [1.29, 1.82) is 0 Å². The molecule has 2 aromatic carbocycles. The number of nitrogens with zero attached hydrogens (tertiary/aromatic N) is 1.